The predicted molar refractivity (Wildman–Crippen MR) is 199 cm³/mol. The van der Waals surface area contributed by atoms with E-state index in [1.54, 1.807) is 33.8 Å². The molecule has 0 spiro atoms. The topological polar surface area (TPSA) is 182 Å². The van der Waals surface area contributed by atoms with Crippen LogP contribution < -0.4 is 24.8 Å². The Hall–Kier alpha value is -4.92. The molecule has 2 aliphatic heterocycles. The predicted octanol–water partition coefficient (Wildman–Crippen LogP) is 4.07. The zero-order chi connectivity index (χ0) is 38.6. The summed E-state index contributed by atoms with van der Waals surface area (Å²) in [7, 11) is -3.87. The summed E-state index contributed by atoms with van der Waals surface area (Å²) in [6, 6.07) is 14.7. The molecule has 4 amide bonds. The molecular weight excluding hydrogens is 715 g/mol. The van der Waals surface area contributed by atoms with Crippen molar-refractivity contribution < 1.29 is 41.8 Å². The smallest absolute Gasteiger partial charge is 0.408 e. The number of amides is 4. The largest absolute Gasteiger partial charge is 0.490 e. The van der Waals surface area contributed by atoms with Crippen LogP contribution in [-0.2, 0) is 29.1 Å². The van der Waals surface area contributed by atoms with Crippen molar-refractivity contribution in [2.45, 2.75) is 102 Å². The van der Waals surface area contributed by atoms with Gasteiger partial charge in [-0.1, -0.05) is 64.4 Å². The van der Waals surface area contributed by atoms with Crippen LogP contribution in [0.1, 0.15) is 66.7 Å². The molecule has 6 atom stereocenters. The molecule has 3 fully saturated rings. The number of nitrogens with zero attached hydrogens (tertiary/aromatic N) is 2. The number of pyridine rings is 1. The van der Waals surface area contributed by atoms with E-state index in [0.29, 0.717) is 42.0 Å². The van der Waals surface area contributed by atoms with Crippen LogP contribution in [0.3, 0.4) is 0 Å². The zero-order valence-corrected chi connectivity index (χ0v) is 31.9. The van der Waals surface area contributed by atoms with Gasteiger partial charge in [0, 0.05) is 17.4 Å². The van der Waals surface area contributed by atoms with Crippen LogP contribution in [0.5, 0.6) is 11.6 Å². The third-order valence-electron chi connectivity index (χ3n) is 10.7. The second-order valence-electron chi connectivity index (χ2n) is 16.0. The summed E-state index contributed by atoms with van der Waals surface area (Å²) in [5.41, 5.74) is -0.175. The maximum Gasteiger partial charge on any atom is 0.408 e. The molecule has 288 valence electrons. The Kier molecular flexibility index (Phi) is 9.73. The third kappa shape index (κ3) is 7.55. The molecule has 14 nitrogen and oxygen atoms in total. The van der Waals surface area contributed by atoms with Crippen molar-refractivity contribution in [3.05, 3.63) is 54.6 Å². The van der Waals surface area contributed by atoms with Gasteiger partial charge in [0.25, 0.3) is 5.91 Å². The molecule has 1 saturated heterocycles. The van der Waals surface area contributed by atoms with E-state index in [1.807, 2.05) is 55.5 Å². The van der Waals surface area contributed by atoms with Gasteiger partial charge in [0.1, 0.15) is 42.2 Å². The van der Waals surface area contributed by atoms with E-state index in [9.17, 15) is 27.6 Å². The molecule has 2 unspecified atom stereocenters. The second-order valence-corrected chi connectivity index (χ2v) is 17.9. The van der Waals surface area contributed by atoms with Crippen LogP contribution in [0, 0.1) is 11.3 Å². The van der Waals surface area contributed by atoms with Gasteiger partial charge in [0.15, 0.2) is 0 Å². The van der Waals surface area contributed by atoms with E-state index in [4.69, 9.17) is 19.2 Å². The zero-order valence-electron chi connectivity index (χ0n) is 31.1. The number of fused-ring (bicyclic) bond motifs is 7. The van der Waals surface area contributed by atoms with Gasteiger partial charge >= 0.3 is 6.09 Å². The number of rotatable bonds is 6. The molecule has 1 aromatic heterocycles. The molecular formula is C39H47N5O9S. The van der Waals surface area contributed by atoms with Crippen LogP contribution in [-0.4, -0.2) is 90.3 Å². The number of hydrogen-bond acceptors (Lipinski definition) is 10. The van der Waals surface area contributed by atoms with Gasteiger partial charge in [-0.3, -0.25) is 19.1 Å². The summed E-state index contributed by atoms with van der Waals surface area (Å²) >= 11 is 0. The fraction of sp³-hybridized carbons (Fsp3) is 0.513. The molecule has 4 bridgehead atoms. The number of benzene rings is 2. The molecule has 3 heterocycles. The summed E-state index contributed by atoms with van der Waals surface area (Å²) in [4.78, 5) is 62.1. The normalized spacial score (nSPS) is 27.4. The number of carbonyl (C=O) groups is 4. The minimum absolute atomic E-state index is 0.0296. The third-order valence-corrected chi connectivity index (χ3v) is 12.5. The van der Waals surface area contributed by atoms with Crippen molar-refractivity contribution in [2.75, 3.05) is 13.2 Å². The lowest BCUT2D eigenvalue weighted by Gasteiger charge is -2.35. The molecule has 0 radical (unpaired) electrons. The van der Waals surface area contributed by atoms with Gasteiger partial charge in [0.2, 0.25) is 27.7 Å². The van der Waals surface area contributed by atoms with Crippen molar-refractivity contribution >= 4 is 44.7 Å². The first-order valence-electron chi connectivity index (χ1n) is 18.5. The first-order chi connectivity index (χ1) is 25.6. The fourth-order valence-electron chi connectivity index (χ4n) is 7.37. The SMILES string of the molecule is CC[C@@H]1CC1(NC(=O)[C@@H]1CC2CN1C(=O)[C@@H](C(C)(C)C)NC(=O)O[C@H](C)COc1cccc(c1)-c1cc3ccccc3nc1O2)C(=O)NS(=O)(=O)C1CC1. The van der Waals surface area contributed by atoms with E-state index >= 15 is 0 Å². The van der Waals surface area contributed by atoms with Crippen molar-refractivity contribution in [2.24, 2.45) is 11.3 Å². The van der Waals surface area contributed by atoms with Crippen molar-refractivity contribution in [1.82, 2.24) is 25.2 Å². The van der Waals surface area contributed by atoms with E-state index in [1.165, 1.54) is 4.90 Å². The quantitative estimate of drug-likeness (QED) is 0.331. The van der Waals surface area contributed by atoms with Crippen molar-refractivity contribution in [3.8, 4) is 22.8 Å². The number of carbonyl (C=O) groups excluding carboxylic acids is 4. The summed E-state index contributed by atoms with van der Waals surface area (Å²) in [5, 5.41) is 5.86. The van der Waals surface area contributed by atoms with Crippen LogP contribution in [0.15, 0.2) is 54.6 Å². The summed E-state index contributed by atoms with van der Waals surface area (Å²) in [6.45, 7) is 8.91. The molecule has 15 heteroatoms. The highest BCUT2D eigenvalue weighted by molar-refractivity contribution is 7.91. The molecule has 4 aliphatic rings. The standard InChI is InChI=1S/C39H47N5O9S/c1-6-25-19-39(25,36(47)43-54(49,50)28-14-15-28)42-33(45)31-18-27-20-44(31)35(46)32(38(3,4)5)41-37(48)52-22(2)21-51-26-12-9-11-23(16-26)29-17-24-10-7-8-13-30(24)40-34(29)53-27/h7-13,16-17,22,25,27-28,31-32H,6,14-15,18-21H2,1-5H3,(H,41,48)(H,42,45)(H,43,47)/t22-,25-,27?,31+,32+,39?/m1/s1. The Morgan fingerprint density at radius 1 is 1.06 bits per heavy atom. The lowest BCUT2D eigenvalue weighted by Crippen LogP contribution is -2.60. The highest BCUT2D eigenvalue weighted by atomic mass is 32.2. The Bertz CT molecular complexity index is 2100. The van der Waals surface area contributed by atoms with Crippen LogP contribution >= 0.6 is 0 Å². The second kappa shape index (κ2) is 14.1. The lowest BCUT2D eigenvalue weighted by molar-refractivity contribution is -0.143. The van der Waals surface area contributed by atoms with Gasteiger partial charge in [0.05, 0.1) is 17.3 Å². The lowest BCUT2D eigenvalue weighted by atomic mass is 9.85. The first kappa shape index (κ1) is 37.4. The molecule has 2 saturated carbocycles. The molecule has 2 aromatic carbocycles. The van der Waals surface area contributed by atoms with Crippen molar-refractivity contribution in [1.29, 1.82) is 0 Å². The molecule has 3 N–H and O–H groups in total. The number of alkyl carbamates (subject to hydrolysis) is 1. The first-order valence-corrected chi connectivity index (χ1v) is 20.1. The molecule has 54 heavy (non-hydrogen) atoms. The van der Waals surface area contributed by atoms with E-state index in [-0.39, 0.29) is 31.9 Å². The Morgan fingerprint density at radius 3 is 2.52 bits per heavy atom. The monoisotopic (exact) mass is 761 g/mol. The molecule has 3 aromatic rings. The minimum atomic E-state index is -3.87. The minimum Gasteiger partial charge on any atom is -0.490 e. The van der Waals surface area contributed by atoms with Gasteiger partial charge in [-0.05, 0) is 67.3 Å². The number of para-hydroxylation sites is 1. The van der Waals surface area contributed by atoms with Gasteiger partial charge in [-0.2, -0.15) is 0 Å². The number of ether oxygens (including phenoxy) is 3. The van der Waals surface area contributed by atoms with Gasteiger partial charge in [-0.15, -0.1) is 0 Å². The summed E-state index contributed by atoms with van der Waals surface area (Å²) in [5.74, 6) is -1.42. The summed E-state index contributed by atoms with van der Waals surface area (Å²) < 4.78 is 46.0. The highest BCUT2D eigenvalue weighted by Gasteiger charge is 2.62. The number of aromatic nitrogens is 1. The van der Waals surface area contributed by atoms with E-state index in [0.717, 1.165) is 10.9 Å². The Morgan fingerprint density at radius 2 is 1.81 bits per heavy atom. The average Bonchev–Trinajstić information content (AvgIpc) is 4.05. The van der Waals surface area contributed by atoms with E-state index in [2.05, 4.69) is 15.4 Å². The molecule has 2 aliphatic carbocycles. The average molecular weight is 762 g/mol. The number of hydrogen-bond donors (Lipinski definition) is 3. The van der Waals surface area contributed by atoms with Crippen LogP contribution in [0.25, 0.3) is 22.0 Å². The number of nitrogens with one attached hydrogen (secondary N) is 3. The summed E-state index contributed by atoms with van der Waals surface area (Å²) in [6.07, 6.45) is -0.495. The van der Waals surface area contributed by atoms with E-state index < -0.39 is 74.3 Å². The Balaban J connectivity index is 1.26. The number of cyclic esters (lactones) is 1. The van der Waals surface area contributed by atoms with Crippen LogP contribution in [0.2, 0.25) is 0 Å². The van der Waals surface area contributed by atoms with Gasteiger partial charge < -0.3 is 29.7 Å². The van der Waals surface area contributed by atoms with Gasteiger partial charge in [-0.25, -0.2) is 18.2 Å². The highest BCUT2D eigenvalue weighted by Crippen LogP contribution is 2.47. The fourth-order valence-corrected chi connectivity index (χ4v) is 8.74. The van der Waals surface area contributed by atoms with Crippen LogP contribution in [0.4, 0.5) is 4.79 Å². The maximum atomic E-state index is 14.6. The molecule has 7 rings (SSSR count). The Labute approximate surface area is 314 Å². The maximum absolute atomic E-state index is 14.6. The number of sulfonamides is 1. The van der Waals surface area contributed by atoms with Crippen molar-refractivity contribution in [3.63, 3.8) is 0 Å².